The molecule has 2 aliphatic carbocycles. The zero-order chi connectivity index (χ0) is 26.0. The Labute approximate surface area is 223 Å². The van der Waals surface area contributed by atoms with E-state index in [1.165, 1.54) is 17.7 Å². The van der Waals surface area contributed by atoms with Crippen LogP contribution in [0, 0.1) is 23.1 Å². The van der Waals surface area contributed by atoms with E-state index in [0.717, 1.165) is 51.6 Å². The van der Waals surface area contributed by atoms with E-state index in [9.17, 15) is 14.4 Å². The van der Waals surface area contributed by atoms with Crippen LogP contribution in [0.5, 0.6) is 0 Å². The number of amides is 2. The van der Waals surface area contributed by atoms with E-state index in [1.807, 2.05) is 23.1 Å². The molecule has 6 nitrogen and oxygen atoms in total. The van der Waals surface area contributed by atoms with Gasteiger partial charge in [0.05, 0.1) is 23.3 Å². The molecule has 37 heavy (non-hydrogen) atoms. The largest absolute Gasteiger partial charge is 0.383 e. The van der Waals surface area contributed by atoms with Gasteiger partial charge in [0.1, 0.15) is 5.82 Å². The summed E-state index contributed by atoms with van der Waals surface area (Å²) in [5.74, 6) is -0.00338. The molecule has 1 aliphatic heterocycles. The first-order valence-electron chi connectivity index (χ1n) is 13.2. The molecule has 0 aromatic heterocycles. The van der Waals surface area contributed by atoms with Gasteiger partial charge in [0, 0.05) is 38.0 Å². The Kier molecular flexibility index (Phi) is 7.71. The summed E-state index contributed by atoms with van der Waals surface area (Å²) in [5, 5.41) is 12.3. The van der Waals surface area contributed by atoms with Gasteiger partial charge in [0.2, 0.25) is 0 Å². The van der Waals surface area contributed by atoms with Crippen molar-refractivity contribution in [2.75, 3.05) is 38.7 Å². The summed E-state index contributed by atoms with van der Waals surface area (Å²) < 4.78 is 19.1. The number of ether oxygens (including phenoxy) is 1. The first kappa shape index (κ1) is 26.0. The number of urea groups is 1. The lowest BCUT2D eigenvalue weighted by Crippen LogP contribution is -2.49. The Morgan fingerprint density at radius 2 is 2.19 bits per heavy atom. The molecule has 2 amide bonds. The molecule has 5 rings (SSSR count). The van der Waals surface area contributed by atoms with Crippen molar-refractivity contribution in [3.63, 3.8) is 0 Å². The fraction of sp³-hybridized carbons (Fsp3) is 0.517. The number of fused-ring (bicyclic) bond motifs is 1. The van der Waals surface area contributed by atoms with Gasteiger partial charge < -0.3 is 15.0 Å². The lowest BCUT2D eigenvalue weighted by molar-refractivity contribution is 0.101. The van der Waals surface area contributed by atoms with Gasteiger partial charge in [-0.3, -0.25) is 4.90 Å². The van der Waals surface area contributed by atoms with Gasteiger partial charge in [-0.15, -0.1) is 0 Å². The Balaban J connectivity index is 1.30. The minimum Gasteiger partial charge on any atom is -0.383 e. The summed E-state index contributed by atoms with van der Waals surface area (Å²) in [5.41, 5.74) is 2.58. The fourth-order valence-electron chi connectivity index (χ4n) is 6.57. The fourth-order valence-corrected chi connectivity index (χ4v) is 6.75. The molecule has 4 atom stereocenters. The van der Waals surface area contributed by atoms with Crippen molar-refractivity contribution in [2.45, 2.75) is 56.0 Å². The van der Waals surface area contributed by atoms with Gasteiger partial charge in [-0.2, -0.15) is 5.26 Å². The molecular weight excluding hydrogens is 491 g/mol. The van der Waals surface area contributed by atoms with Crippen LogP contribution in [0.4, 0.5) is 14.9 Å². The third-order valence-corrected chi connectivity index (χ3v) is 8.93. The van der Waals surface area contributed by atoms with Gasteiger partial charge in [0.15, 0.2) is 0 Å². The van der Waals surface area contributed by atoms with Gasteiger partial charge in [-0.05, 0) is 92.3 Å². The second-order valence-corrected chi connectivity index (χ2v) is 11.1. The summed E-state index contributed by atoms with van der Waals surface area (Å²) in [7, 11) is 1.74. The molecule has 3 fully saturated rings. The van der Waals surface area contributed by atoms with E-state index >= 15 is 0 Å². The Bertz CT molecular complexity index is 1190. The maximum Gasteiger partial charge on any atom is 0.322 e. The molecule has 1 heterocycles. The van der Waals surface area contributed by atoms with Crippen molar-refractivity contribution >= 4 is 23.3 Å². The number of hydrogen-bond donors (Lipinski definition) is 1. The van der Waals surface area contributed by atoms with Crippen molar-refractivity contribution in [1.29, 1.82) is 5.26 Å². The number of hydrogen-bond acceptors (Lipinski definition) is 4. The van der Waals surface area contributed by atoms with E-state index in [-0.39, 0.29) is 22.5 Å². The van der Waals surface area contributed by atoms with Crippen molar-refractivity contribution in [2.24, 2.45) is 5.92 Å². The molecule has 2 aromatic rings. The van der Waals surface area contributed by atoms with Crippen molar-refractivity contribution < 1.29 is 13.9 Å². The molecule has 1 saturated heterocycles. The SMILES string of the molecule is COC[C@@H]1CCCN1CCN(C(=O)Nc1ccc(F)c(Cl)c1)[C@@H]1CC[C@@]2(c3cccc(C#N)c3)CC2C1. The predicted octanol–water partition coefficient (Wildman–Crippen LogP) is 5.81. The molecular formula is C29H34ClFN4O2. The number of nitriles is 1. The number of anilines is 1. The Morgan fingerprint density at radius 1 is 1.32 bits per heavy atom. The second kappa shape index (κ2) is 11.0. The summed E-state index contributed by atoms with van der Waals surface area (Å²) in [4.78, 5) is 18.0. The molecule has 0 radical (unpaired) electrons. The minimum atomic E-state index is -0.507. The van der Waals surface area contributed by atoms with Crippen molar-refractivity contribution in [3.05, 3.63) is 64.4 Å². The molecule has 2 aromatic carbocycles. The highest BCUT2D eigenvalue weighted by Crippen LogP contribution is 2.62. The number of nitrogens with one attached hydrogen (secondary N) is 1. The standard InChI is InChI=1S/C29H34ClFN4O2/c1-37-19-25-6-3-11-34(25)12-13-35(28(36)33-23-7-8-27(31)26(30)16-23)24-9-10-29(17-22(29)15-24)21-5-2-4-20(14-21)18-32/h2,4-5,7-8,14,16,22,24-25H,3,6,9-13,15,17,19H2,1H3,(H,33,36)/t22?,24-,25+,29+/m1/s1. The highest BCUT2D eigenvalue weighted by molar-refractivity contribution is 6.31. The summed E-state index contributed by atoms with van der Waals surface area (Å²) in [6.45, 7) is 3.14. The van der Waals surface area contributed by atoms with E-state index in [2.05, 4.69) is 22.4 Å². The number of likely N-dealkylation sites (tertiary alicyclic amines) is 1. The zero-order valence-corrected chi connectivity index (χ0v) is 22.0. The number of benzene rings is 2. The molecule has 2 saturated carbocycles. The van der Waals surface area contributed by atoms with E-state index in [1.54, 1.807) is 13.2 Å². The molecule has 1 N–H and O–H groups in total. The van der Waals surface area contributed by atoms with E-state index < -0.39 is 5.82 Å². The van der Waals surface area contributed by atoms with Gasteiger partial charge >= 0.3 is 6.03 Å². The van der Waals surface area contributed by atoms with Crippen LogP contribution in [0.3, 0.4) is 0 Å². The van der Waals surface area contributed by atoms with Crippen LogP contribution in [0.25, 0.3) is 0 Å². The molecule has 1 unspecified atom stereocenters. The summed E-state index contributed by atoms with van der Waals surface area (Å²) in [6, 6.07) is 14.9. The average Bonchev–Trinajstić information content (AvgIpc) is 3.49. The maximum absolute atomic E-state index is 13.7. The van der Waals surface area contributed by atoms with Crippen LogP contribution < -0.4 is 5.32 Å². The van der Waals surface area contributed by atoms with Crippen LogP contribution in [-0.2, 0) is 10.2 Å². The van der Waals surface area contributed by atoms with Gasteiger partial charge in [0.25, 0.3) is 0 Å². The highest BCUT2D eigenvalue weighted by atomic mass is 35.5. The first-order valence-corrected chi connectivity index (χ1v) is 13.6. The number of carbonyl (C=O) groups excluding carboxylic acids is 1. The Morgan fingerprint density at radius 3 is 2.95 bits per heavy atom. The van der Waals surface area contributed by atoms with Crippen LogP contribution in [0.1, 0.15) is 49.7 Å². The smallest absolute Gasteiger partial charge is 0.322 e. The number of nitrogens with zero attached hydrogens (tertiary/aromatic N) is 3. The van der Waals surface area contributed by atoms with Crippen LogP contribution >= 0.6 is 11.6 Å². The van der Waals surface area contributed by atoms with Crippen LogP contribution in [0.2, 0.25) is 5.02 Å². The average molecular weight is 525 g/mol. The summed E-state index contributed by atoms with van der Waals surface area (Å²) >= 11 is 5.96. The topological polar surface area (TPSA) is 68.6 Å². The lowest BCUT2D eigenvalue weighted by atomic mass is 9.80. The quantitative estimate of drug-likeness (QED) is 0.473. The maximum atomic E-state index is 13.7. The lowest BCUT2D eigenvalue weighted by Gasteiger charge is -2.38. The molecule has 0 spiro atoms. The molecule has 8 heteroatoms. The van der Waals surface area contributed by atoms with E-state index in [0.29, 0.717) is 36.4 Å². The Hall–Kier alpha value is -2.66. The highest BCUT2D eigenvalue weighted by Gasteiger charge is 2.58. The number of methoxy groups -OCH3 is 1. The predicted molar refractivity (Wildman–Crippen MR) is 142 cm³/mol. The number of halogens is 2. The van der Waals surface area contributed by atoms with Crippen LogP contribution in [-0.4, -0.2) is 61.3 Å². The minimum absolute atomic E-state index is 0.0103. The van der Waals surface area contributed by atoms with Gasteiger partial charge in [-0.1, -0.05) is 23.7 Å². The van der Waals surface area contributed by atoms with Gasteiger partial charge in [-0.25, -0.2) is 9.18 Å². The third kappa shape index (κ3) is 5.47. The zero-order valence-electron chi connectivity index (χ0n) is 21.3. The molecule has 196 valence electrons. The second-order valence-electron chi connectivity index (χ2n) is 10.7. The normalized spacial score (nSPS) is 26.8. The van der Waals surface area contributed by atoms with Crippen molar-refractivity contribution in [1.82, 2.24) is 9.80 Å². The third-order valence-electron chi connectivity index (χ3n) is 8.64. The monoisotopic (exact) mass is 524 g/mol. The molecule has 0 bridgehead atoms. The molecule has 3 aliphatic rings. The first-order chi connectivity index (χ1) is 17.9. The summed E-state index contributed by atoms with van der Waals surface area (Å²) in [6.07, 6.45) is 6.21. The van der Waals surface area contributed by atoms with Crippen LogP contribution in [0.15, 0.2) is 42.5 Å². The number of carbonyl (C=O) groups is 1. The van der Waals surface area contributed by atoms with Crippen molar-refractivity contribution in [3.8, 4) is 6.07 Å². The number of rotatable bonds is 8. The van der Waals surface area contributed by atoms with E-state index in [4.69, 9.17) is 16.3 Å².